The zero-order valence-electron chi connectivity index (χ0n) is 11.1. The van der Waals surface area contributed by atoms with Crippen molar-refractivity contribution in [1.82, 2.24) is 0 Å². The van der Waals surface area contributed by atoms with E-state index in [9.17, 15) is 14.0 Å². The van der Waals surface area contributed by atoms with Crippen molar-refractivity contribution in [1.29, 1.82) is 0 Å². The fraction of sp³-hybridized carbons (Fsp3) is 0.0667. The van der Waals surface area contributed by atoms with Gasteiger partial charge in [-0.25, -0.2) is 9.18 Å². The first-order chi connectivity index (χ1) is 10.0. The van der Waals surface area contributed by atoms with Gasteiger partial charge in [-0.15, -0.1) is 11.8 Å². The van der Waals surface area contributed by atoms with Gasteiger partial charge in [0.2, 0.25) is 0 Å². The van der Waals surface area contributed by atoms with E-state index in [1.54, 1.807) is 36.0 Å². The van der Waals surface area contributed by atoms with Crippen molar-refractivity contribution >= 4 is 29.3 Å². The standard InChI is InChI=1S/C15H12FNO3S/c1-21-10-7-5-9(6-8-10)14(18)17-12-4-2-3-11(16)13(12)15(19)20/h2-8H,1H3,(H,17,18)(H,19,20). The Balaban J connectivity index is 2.27. The Morgan fingerprint density at radius 1 is 1.14 bits per heavy atom. The Kier molecular flexibility index (Phi) is 4.59. The van der Waals surface area contributed by atoms with E-state index >= 15 is 0 Å². The van der Waals surface area contributed by atoms with Crippen molar-refractivity contribution in [2.75, 3.05) is 11.6 Å². The van der Waals surface area contributed by atoms with E-state index in [0.717, 1.165) is 11.0 Å². The molecule has 1 amide bonds. The number of benzene rings is 2. The lowest BCUT2D eigenvalue weighted by atomic mass is 10.1. The van der Waals surface area contributed by atoms with Crippen LogP contribution in [0.5, 0.6) is 0 Å². The molecule has 0 aromatic heterocycles. The van der Waals surface area contributed by atoms with Crippen LogP contribution in [-0.2, 0) is 0 Å². The van der Waals surface area contributed by atoms with Crippen molar-refractivity contribution < 1.29 is 19.1 Å². The zero-order valence-corrected chi connectivity index (χ0v) is 11.9. The van der Waals surface area contributed by atoms with Crippen molar-refractivity contribution in [3.63, 3.8) is 0 Å². The fourth-order valence-corrected chi connectivity index (χ4v) is 2.19. The molecule has 0 radical (unpaired) electrons. The topological polar surface area (TPSA) is 66.4 Å². The summed E-state index contributed by atoms with van der Waals surface area (Å²) < 4.78 is 13.5. The molecule has 0 unspecified atom stereocenters. The number of halogens is 1. The molecule has 21 heavy (non-hydrogen) atoms. The minimum atomic E-state index is -1.43. The summed E-state index contributed by atoms with van der Waals surface area (Å²) in [4.78, 5) is 24.1. The largest absolute Gasteiger partial charge is 0.478 e. The van der Waals surface area contributed by atoms with E-state index < -0.39 is 23.3 Å². The fourth-order valence-electron chi connectivity index (χ4n) is 1.78. The first-order valence-corrected chi connectivity index (χ1v) is 7.22. The molecule has 0 spiro atoms. The molecule has 2 aromatic rings. The maximum Gasteiger partial charge on any atom is 0.340 e. The minimum absolute atomic E-state index is 0.0681. The van der Waals surface area contributed by atoms with Crippen LogP contribution in [0.2, 0.25) is 0 Å². The van der Waals surface area contributed by atoms with Crippen molar-refractivity contribution in [3.8, 4) is 0 Å². The molecule has 0 atom stereocenters. The molecule has 0 fully saturated rings. The van der Waals surface area contributed by atoms with E-state index in [-0.39, 0.29) is 5.69 Å². The summed E-state index contributed by atoms with van der Waals surface area (Å²) in [6.07, 6.45) is 1.92. The quantitative estimate of drug-likeness (QED) is 0.848. The van der Waals surface area contributed by atoms with E-state index in [2.05, 4.69) is 5.32 Å². The van der Waals surface area contributed by atoms with Gasteiger partial charge in [0.05, 0.1) is 5.69 Å². The summed E-state index contributed by atoms with van der Waals surface area (Å²) in [6.45, 7) is 0. The summed E-state index contributed by atoms with van der Waals surface area (Å²) in [6, 6.07) is 10.5. The number of nitrogens with one attached hydrogen (secondary N) is 1. The third-order valence-corrected chi connectivity index (χ3v) is 3.57. The maximum absolute atomic E-state index is 13.5. The number of amides is 1. The molecular formula is C15H12FNO3S. The predicted molar refractivity (Wildman–Crippen MR) is 79.5 cm³/mol. The normalized spacial score (nSPS) is 10.2. The number of thioether (sulfide) groups is 1. The number of hydrogen-bond donors (Lipinski definition) is 2. The Hall–Kier alpha value is -2.34. The van der Waals surface area contributed by atoms with Crippen LogP contribution in [0.3, 0.4) is 0 Å². The van der Waals surface area contributed by atoms with Crippen LogP contribution < -0.4 is 5.32 Å². The van der Waals surface area contributed by atoms with Gasteiger partial charge >= 0.3 is 5.97 Å². The Bertz CT molecular complexity index is 686. The van der Waals surface area contributed by atoms with Gasteiger partial charge in [0.1, 0.15) is 11.4 Å². The van der Waals surface area contributed by atoms with Crippen LogP contribution in [0.4, 0.5) is 10.1 Å². The molecule has 6 heteroatoms. The van der Waals surface area contributed by atoms with Gasteiger partial charge in [-0.1, -0.05) is 6.07 Å². The summed E-state index contributed by atoms with van der Waals surface area (Å²) in [5.74, 6) is -2.81. The van der Waals surface area contributed by atoms with Crippen LogP contribution in [0.1, 0.15) is 20.7 Å². The number of aromatic carboxylic acids is 1. The second kappa shape index (κ2) is 6.41. The molecule has 2 N–H and O–H groups in total. The molecular weight excluding hydrogens is 293 g/mol. The highest BCUT2D eigenvalue weighted by Crippen LogP contribution is 2.20. The lowest BCUT2D eigenvalue weighted by molar-refractivity contribution is 0.0693. The molecule has 2 rings (SSSR count). The lowest BCUT2D eigenvalue weighted by Crippen LogP contribution is -2.15. The van der Waals surface area contributed by atoms with Gasteiger partial charge in [-0.3, -0.25) is 4.79 Å². The van der Waals surface area contributed by atoms with Crippen LogP contribution in [0, 0.1) is 5.82 Å². The summed E-state index contributed by atoms with van der Waals surface area (Å²) in [5, 5.41) is 11.4. The highest BCUT2D eigenvalue weighted by molar-refractivity contribution is 7.98. The molecule has 0 saturated heterocycles. The predicted octanol–water partition coefficient (Wildman–Crippen LogP) is 3.50. The second-order valence-corrected chi connectivity index (χ2v) is 5.03. The highest BCUT2D eigenvalue weighted by Gasteiger charge is 2.17. The summed E-state index contributed by atoms with van der Waals surface area (Å²) >= 11 is 1.54. The minimum Gasteiger partial charge on any atom is -0.478 e. The number of carbonyl (C=O) groups is 2. The van der Waals surface area contributed by atoms with E-state index in [1.807, 2.05) is 6.26 Å². The monoisotopic (exact) mass is 305 g/mol. The average molecular weight is 305 g/mol. The van der Waals surface area contributed by atoms with E-state index in [4.69, 9.17) is 5.11 Å². The molecule has 0 aliphatic carbocycles. The van der Waals surface area contributed by atoms with Crippen LogP contribution in [0.15, 0.2) is 47.4 Å². The summed E-state index contributed by atoms with van der Waals surface area (Å²) in [5.41, 5.74) is -0.249. The summed E-state index contributed by atoms with van der Waals surface area (Å²) in [7, 11) is 0. The second-order valence-electron chi connectivity index (χ2n) is 4.15. The van der Waals surface area contributed by atoms with Crippen LogP contribution in [0.25, 0.3) is 0 Å². The number of carboxylic acids is 1. The third-order valence-electron chi connectivity index (χ3n) is 2.83. The lowest BCUT2D eigenvalue weighted by Gasteiger charge is -2.09. The zero-order chi connectivity index (χ0) is 15.4. The van der Waals surface area contributed by atoms with Gasteiger partial charge in [-0.05, 0) is 42.7 Å². The number of carboxylic acid groups (broad SMARTS) is 1. The van der Waals surface area contributed by atoms with Gasteiger partial charge in [0.15, 0.2) is 0 Å². The number of anilines is 1. The van der Waals surface area contributed by atoms with Crippen LogP contribution >= 0.6 is 11.8 Å². The Morgan fingerprint density at radius 2 is 1.81 bits per heavy atom. The maximum atomic E-state index is 13.5. The Labute approximate surface area is 125 Å². The molecule has 108 valence electrons. The first-order valence-electron chi connectivity index (χ1n) is 6.00. The SMILES string of the molecule is CSc1ccc(C(=O)Nc2cccc(F)c2C(=O)O)cc1. The molecule has 0 aliphatic rings. The van der Waals surface area contributed by atoms with Crippen molar-refractivity contribution in [2.45, 2.75) is 4.90 Å². The molecule has 4 nitrogen and oxygen atoms in total. The first kappa shape index (κ1) is 15.1. The van der Waals surface area contributed by atoms with Crippen molar-refractivity contribution in [3.05, 3.63) is 59.4 Å². The van der Waals surface area contributed by atoms with Crippen molar-refractivity contribution in [2.24, 2.45) is 0 Å². The smallest absolute Gasteiger partial charge is 0.340 e. The molecule has 0 saturated carbocycles. The third kappa shape index (κ3) is 3.41. The molecule has 2 aromatic carbocycles. The molecule has 0 heterocycles. The molecule has 0 aliphatic heterocycles. The van der Waals surface area contributed by atoms with Gasteiger partial charge < -0.3 is 10.4 Å². The van der Waals surface area contributed by atoms with Gasteiger partial charge in [-0.2, -0.15) is 0 Å². The number of rotatable bonds is 4. The van der Waals surface area contributed by atoms with E-state index in [0.29, 0.717) is 5.56 Å². The average Bonchev–Trinajstić information content (AvgIpc) is 2.47. The van der Waals surface area contributed by atoms with E-state index in [1.165, 1.54) is 12.1 Å². The highest BCUT2D eigenvalue weighted by atomic mass is 32.2. The number of hydrogen-bond acceptors (Lipinski definition) is 3. The Morgan fingerprint density at radius 3 is 2.38 bits per heavy atom. The van der Waals surface area contributed by atoms with Gasteiger partial charge in [0, 0.05) is 10.5 Å². The molecule has 0 bridgehead atoms. The number of carbonyl (C=O) groups excluding carboxylic acids is 1. The van der Waals surface area contributed by atoms with Crippen LogP contribution in [-0.4, -0.2) is 23.2 Å². The van der Waals surface area contributed by atoms with Gasteiger partial charge in [0.25, 0.3) is 5.91 Å².